The standard InChI is InChI=1S/C18H20BN3O4/c1-10-20-15-8-17(25-3)16(24-2)7-13(15)18(21-10)22-12-5-4-11-9-26-19(23)14(11)6-12/h4-8,10,20,23H,9H2,1-3H3,(H,21,22). The Hall–Kier alpha value is -2.71. The van der Waals surface area contributed by atoms with Gasteiger partial charge in [-0.2, -0.15) is 0 Å². The van der Waals surface area contributed by atoms with Crippen molar-refractivity contribution in [1.82, 2.24) is 0 Å². The number of anilines is 2. The van der Waals surface area contributed by atoms with Gasteiger partial charge in [0.1, 0.15) is 12.0 Å². The van der Waals surface area contributed by atoms with Gasteiger partial charge >= 0.3 is 7.12 Å². The lowest BCUT2D eigenvalue weighted by Crippen LogP contribution is -2.30. The van der Waals surface area contributed by atoms with Crippen LogP contribution in [-0.4, -0.2) is 38.4 Å². The van der Waals surface area contributed by atoms with E-state index in [9.17, 15) is 5.02 Å². The zero-order valence-corrected chi connectivity index (χ0v) is 14.9. The van der Waals surface area contributed by atoms with Gasteiger partial charge in [0, 0.05) is 17.3 Å². The third-order valence-corrected chi connectivity index (χ3v) is 4.54. The van der Waals surface area contributed by atoms with Crippen LogP contribution < -0.4 is 25.6 Å². The number of rotatable bonds is 3. The largest absolute Gasteiger partial charge is 0.493 e. The van der Waals surface area contributed by atoms with Crippen LogP contribution in [0.1, 0.15) is 18.1 Å². The van der Waals surface area contributed by atoms with Crippen molar-refractivity contribution in [3.05, 3.63) is 41.5 Å². The summed E-state index contributed by atoms with van der Waals surface area (Å²) in [6.45, 7) is 2.40. The van der Waals surface area contributed by atoms with Crippen molar-refractivity contribution in [2.75, 3.05) is 24.9 Å². The highest BCUT2D eigenvalue weighted by Crippen LogP contribution is 2.35. The van der Waals surface area contributed by atoms with Gasteiger partial charge in [0.05, 0.1) is 26.5 Å². The zero-order valence-electron chi connectivity index (χ0n) is 14.9. The van der Waals surface area contributed by atoms with Crippen molar-refractivity contribution < 1.29 is 19.2 Å². The van der Waals surface area contributed by atoms with E-state index in [4.69, 9.17) is 14.1 Å². The van der Waals surface area contributed by atoms with Crippen LogP contribution in [0.4, 0.5) is 11.4 Å². The minimum absolute atomic E-state index is 0.0912. The molecule has 0 saturated heterocycles. The van der Waals surface area contributed by atoms with Gasteiger partial charge in [0.25, 0.3) is 0 Å². The molecule has 1 atom stereocenters. The van der Waals surface area contributed by atoms with Crippen molar-refractivity contribution in [3.63, 3.8) is 0 Å². The fourth-order valence-electron chi connectivity index (χ4n) is 3.24. The highest BCUT2D eigenvalue weighted by molar-refractivity contribution is 6.61. The fourth-order valence-corrected chi connectivity index (χ4v) is 3.24. The first kappa shape index (κ1) is 16.7. The second kappa shape index (κ2) is 6.55. The summed E-state index contributed by atoms with van der Waals surface area (Å²) in [6, 6.07) is 9.60. The summed E-state index contributed by atoms with van der Waals surface area (Å²) < 4.78 is 16.1. The molecule has 2 heterocycles. The first-order chi connectivity index (χ1) is 12.6. The van der Waals surface area contributed by atoms with Crippen LogP contribution in [0.2, 0.25) is 0 Å². The highest BCUT2D eigenvalue weighted by Gasteiger charge is 2.28. The highest BCUT2D eigenvalue weighted by atomic mass is 16.5. The normalized spacial score (nSPS) is 17.8. The van der Waals surface area contributed by atoms with Gasteiger partial charge in [0.15, 0.2) is 11.5 Å². The molecule has 0 spiro atoms. The average Bonchev–Trinajstić information content (AvgIpc) is 3.01. The van der Waals surface area contributed by atoms with Crippen LogP contribution in [0.25, 0.3) is 0 Å². The smallest absolute Gasteiger partial charge is 0.491 e. The molecule has 3 N–H and O–H groups in total. The minimum atomic E-state index is -0.878. The number of ether oxygens (including phenoxy) is 2. The van der Waals surface area contributed by atoms with Crippen LogP contribution in [-0.2, 0) is 11.3 Å². The summed E-state index contributed by atoms with van der Waals surface area (Å²) in [5.41, 5.74) is 4.41. The van der Waals surface area contributed by atoms with E-state index >= 15 is 0 Å². The van der Waals surface area contributed by atoms with Gasteiger partial charge in [-0.05, 0) is 36.1 Å². The second-order valence-corrected chi connectivity index (χ2v) is 6.25. The maximum absolute atomic E-state index is 9.92. The molecular weight excluding hydrogens is 333 g/mol. The van der Waals surface area contributed by atoms with Crippen molar-refractivity contribution in [2.45, 2.75) is 19.7 Å². The molecule has 0 aromatic heterocycles. The van der Waals surface area contributed by atoms with Crippen LogP contribution in [0.3, 0.4) is 0 Å². The maximum atomic E-state index is 9.92. The Bertz CT molecular complexity index is 887. The molecule has 0 radical (unpaired) electrons. The molecule has 26 heavy (non-hydrogen) atoms. The van der Waals surface area contributed by atoms with Crippen LogP contribution in [0.15, 0.2) is 35.3 Å². The van der Waals surface area contributed by atoms with E-state index in [2.05, 4.69) is 15.6 Å². The molecule has 7 nitrogen and oxygen atoms in total. The van der Waals surface area contributed by atoms with Gasteiger partial charge in [0.2, 0.25) is 0 Å². The molecule has 2 aromatic carbocycles. The van der Waals surface area contributed by atoms with Crippen LogP contribution in [0, 0.1) is 0 Å². The third kappa shape index (κ3) is 2.87. The summed E-state index contributed by atoms with van der Waals surface area (Å²) in [7, 11) is 2.34. The Morgan fingerprint density at radius 3 is 2.77 bits per heavy atom. The Morgan fingerprint density at radius 2 is 2.00 bits per heavy atom. The average molecular weight is 353 g/mol. The van der Waals surface area contributed by atoms with Gasteiger partial charge < -0.3 is 29.8 Å². The summed E-state index contributed by atoms with van der Waals surface area (Å²) in [5.74, 6) is 2.01. The molecule has 0 fully saturated rings. The number of hydrogen-bond donors (Lipinski definition) is 3. The Morgan fingerprint density at radius 1 is 1.23 bits per heavy atom. The van der Waals surface area contributed by atoms with E-state index < -0.39 is 7.12 Å². The molecule has 2 aliphatic rings. The second-order valence-electron chi connectivity index (χ2n) is 6.25. The van der Waals surface area contributed by atoms with Gasteiger partial charge in [-0.1, -0.05) is 6.07 Å². The molecule has 2 aliphatic heterocycles. The molecule has 0 aliphatic carbocycles. The number of amidine groups is 1. The lowest BCUT2D eigenvalue weighted by molar-refractivity contribution is 0.275. The summed E-state index contributed by atoms with van der Waals surface area (Å²) in [5, 5.41) is 16.6. The quantitative estimate of drug-likeness (QED) is 0.727. The minimum Gasteiger partial charge on any atom is -0.493 e. The number of aliphatic imine (C=N–C) groups is 1. The molecule has 1 unspecified atom stereocenters. The Balaban J connectivity index is 1.70. The number of methoxy groups -OCH3 is 2. The Labute approximate surface area is 152 Å². The van der Waals surface area contributed by atoms with E-state index in [1.165, 1.54) is 0 Å². The molecular formula is C18H20BN3O4. The number of nitrogens with zero attached hydrogens (tertiary/aromatic N) is 1. The monoisotopic (exact) mass is 353 g/mol. The third-order valence-electron chi connectivity index (χ3n) is 4.54. The van der Waals surface area contributed by atoms with Crippen molar-refractivity contribution in [3.8, 4) is 11.5 Å². The molecule has 0 amide bonds. The molecule has 0 bridgehead atoms. The fraction of sp³-hybridized carbons (Fsp3) is 0.278. The van der Waals surface area contributed by atoms with E-state index in [0.717, 1.165) is 33.8 Å². The predicted molar refractivity (Wildman–Crippen MR) is 102 cm³/mol. The molecule has 2 aromatic rings. The maximum Gasteiger partial charge on any atom is 0.491 e. The number of fused-ring (bicyclic) bond motifs is 2. The summed E-state index contributed by atoms with van der Waals surface area (Å²) in [4.78, 5) is 4.67. The zero-order chi connectivity index (χ0) is 18.3. The van der Waals surface area contributed by atoms with E-state index in [1.54, 1.807) is 14.2 Å². The van der Waals surface area contributed by atoms with Crippen molar-refractivity contribution in [1.29, 1.82) is 0 Å². The number of benzene rings is 2. The van der Waals surface area contributed by atoms with Crippen LogP contribution in [0.5, 0.6) is 11.5 Å². The van der Waals surface area contributed by atoms with Crippen molar-refractivity contribution in [2.24, 2.45) is 4.99 Å². The van der Waals surface area contributed by atoms with E-state index in [-0.39, 0.29) is 6.17 Å². The lowest BCUT2D eigenvalue weighted by atomic mass is 9.79. The topological polar surface area (TPSA) is 84.3 Å². The summed E-state index contributed by atoms with van der Waals surface area (Å²) in [6.07, 6.45) is -0.0912. The van der Waals surface area contributed by atoms with Crippen molar-refractivity contribution >= 4 is 29.8 Å². The van der Waals surface area contributed by atoms with E-state index in [0.29, 0.717) is 18.1 Å². The first-order valence-electron chi connectivity index (χ1n) is 8.39. The van der Waals surface area contributed by atoms with Gasteiger partial charge in [-0.15, -0.1) is 0 Å². The molecule has 134 valence electrons. The number of hydrogen-bond acceptors (Lipinski definition) is 7. The van der Waals surface area contributed by atoms with Gasteiger partial charge in [-0.3, -0.25) is 0 Å². The Kier molecular flexibility index (Phi) is 4.22. The van der Waals surface area contributed by atoms with Gasteiger partial charge in [-0.25, -0.2) is 4.99 Å². The lowest BCUT2D eigenvalue weighted by Gasteiger charge is -2.25. The van der Waals surface area contributed by atoms with Crippen LogP contribution >= 0.6 is 0 Å². The predicted octanol–water partition coefficient (Wildman–Crippen LogP) is 1.55. The SMILES string of the molecule is COc1cc2c(cc1OC)C(Nc1ccc3c(c1)B(O)OC3)=NC(C)N2. The first-order valence-corrected chi connectivity index (χ1v) is 8.39. The van der Waals surface area contributed by atoms with E-state index in [1.807, 2.05) is 37.3 Å². The molecule has 8 heteroatoms. The molecule has 4 rings (SSSR count). The number of nitrogens with one attached hydrogen (secondary N) is 2. The summed E-state index contributed by atoms with van der Waals surface area (Å²) >= 11 is 0. The molecule has 0 saturated carbocycles.